The summed E-state index contributed by atoms with van der Waals surface area (Å²) in [5.74, 6) is 0.136. The molecule has 64 valence electrons. The van der Waals surface area contributed by atoms with Crippen LogP contribution < -0.4 is 5.32 Å². The van der Waals surface area contributed by atoms with E-state index in [0.29, 0.717) is 12.3 Å². The van der Waals surface area contributed by atoms with Crippen LogP contribution in [0.15, 0.2) is 29.4 Å². The topological polar surface area (TPSA) is 42.2 Å². The lowest BCUT2D eigenvalue weighted by Crippen LogP contribution is -2.22. The van der Waals surface area contributed by atoms with Crippen molar-refractivity contribution in [1.29, 1.82) is 0 Å². The van der Waals surface area contributed by atoms with E-state index in [9.17, 15) is 4.79 Å². The van der Waals surface area contributed by atoms with E-state index in [0.717, 1.165) is 5.56 Å². The summed E-state index contributed by atoms with van der Waals surface area (Å²) in [5, 5.41) is 2.61. The molecule has 1 N–H and O–H groups in total. The molecule has 1 amide bonds. The molecule has 1 heterocycles. The molecule has 3 heteroatoms. The molecule has 0 aliphatic rings. The summed E-state index contributed by atoms with van der Waals surface area (Å²) in [6.45, 7) is 5.81. The lowest BCUT2D eigenvalue weighted by atomic mass is 10.3. The molecule has 12 heavy (non-hydrogen) atoms. The Morgan fingerprint density at radius 1 is 1.83 bits per heavy atom. The number of hydrogen-bond acceptors (Lipinski definition) is 2. The smallest absolute Gasteiger partial charge is 0.287 e. The van der Waals surface area contributed by atoms with Gasteiger partial charge in [-0.15, -0.1) is 6.58 Å². The van der Waals surface area contributed by atoms with Crippen molar-refractivity contribution in [2.45, 2.75) is 6.92 Å². The molecular weight excluding hydrogens is 154 g/mol. The van der Waals surface area contributed by atoms with Crippen LogP contribution in [0.1, 0.15) is 16.1 Å². The van der Waals surface area contributed by atoms with E-state index in [1.165, 1.54) is 0 Å². The number of aryl methyl sites for hydroxylation is 1. The average Bonchev–Trinajstić information content (AvgIpc) is 2.47. The Bertz CT molecular complexity index is 288. The molecule has 0 spiro atoms. The van der Waals surface area contributed by atoms with Gasteiger partial charge in [0.25, 0.3) is 5.91 Å². The molecule has 1 aromatic rings. The van der Waals surface area contributed by atoms with Gasteiger partial charge >= 0.3 is 0 Å². The van der Waals surface area contributed by atoms with Gasteiger partial charge in [0.15, 0.2) is 5.76 Å². The van der Waals surface area contributed by atoms with Crippen molar-refractivity contribution in [2.75, 3.05) is 6.54 Å². The second kappa shape index (κ2) is 3.76. The third-order valence-corrected chi connectivity index (χ3v) is 1.36. The number of furan rings is 1. The highest BCUT2D eigenvalue weighted by Crippen LogP contribution is 2.05. The first-order valence-corrected chi connectivity index (χ1v) is 3.68. The molecule has 0 unspecified atom stereocenters. The fourth-order valence-electron chi connectivity index (χ4n) is 0.802. The van der Waals surface area contributed by atoms with Crippen LogP contribution in [0.5, 0.6) is 0 Å². The predicted molar refractivity (Wildman–Crippen MR) is 46.0 cm³/mol. The number of carbonyl (C=O) groups is 1. The summed E-state index contributed by atoms with van der Waals surface area (Å²) >= 11 is 0. The molecule has 0 atom stereocenters. The van der Waals surface area contributed by atoms with Gasteiger partial charge < -0.3 is 9.73 Å². The van der Waals surface area contributed by atoms with E-state index in [-0.39, 0.29) is 5.91 Å². The van der Waals surface area contributed by atoms with E-state index >= 15 is 0 Å². The van der Waals surface area contributed by atoms with Crippen LogP contribution >= 0.6 is 0 Å². The Hall–Kier alpha value is -1.51. The lowest BCUT2D eigenvalue weighted by molar-refractivity contribution is 0.0930. The molecule has 0 aliphatic heterocycles. The van der Waals surface area contributed by atoms with Crippen molar-refractivity contribution in [3.63, 3.8) is 0 Å². The highest BCUT2D eigenvalue weighted by atomic mass is 16.3. The Labute approximate surface area is 71.1 Å². The Balaban J connectivity index is 2.59. The Morgan fingerprint density at radius 3 is 3.08 bits per heavy atom. The largest absolute Gasteiger partial charge is 0.459 e. The molecule has 3 nitrogen and oxygen atoms in total. The van der Waals surface area contributed by atoms with Crippen LogP contribution in [-0.2, 0) is 0 Å². The number of nitrogens with one attached hydrogen (secondary N) is 1. The maximum absolute atomic E-state index is 11.2. The summed E-state index contributed by atoms with van der Waals surface area (Å²) < 4.78 is 4.98. The van der Waals surface area contributed by atoms with Crippen molar-refractivity contribution in [2.24, 2.45) is 0 Å². The van der Waals surface area contributed by atoms with Crippen LogP contribution in [0.3, 0.4) is 0 Å². The van der Waals surface area contributed by atoms with Crippen LogP contribution in [0.4, 0.5) is 0 Å². The fraction of sp³-hybridized carbons (Fsp3) is 0.222. The highest BCUT2D eigenvalue weighted by molar-refractivity contribution is 5.91. The standard InChI is InChI=1S/C9H11NO2/c1-3-4-10-9(11)8-5-7(2)6-12-8/h3,5-6H,1,4H2,2H3,(H,10,11). The van der Waals surface area contributed by atoms with Crippen LogP contribution in [-0.4, -0.2) is 12.5 Å². The molecule has 0 fully saturated rings. The van der Waals surface area contributed by atoms with Crippen molar-refractivity contribution < 1.29 is 9.21 Å². The van der Waals surface area contributed by atoms with Crippen LogP contribution in [0.25, 0.3) is 0 Å². The summed E-state index contributed by atoms with van der Waals surface area (Å²) in [4.78, 5) is 11.2. The van der Waals surface area contributed by atoms with Crippen LogP contribution in [0, 0.1) is 6.92 Å². The minimum atomic E-state index is -0.206. The normalized spacial score (nSPS) is 9.42. The summed E-state index contributed by atoms with van der Waals surface area (Å²) in [6, 6.07) is 1.69. The van der Waals surface area contributed by atoms with Gasteiger partial charge in [-0.2, -0.15) is 0 Å². The second-order valence-corrected chi connectivity index (χ2v) is 2.49. The molecule has 0 saturated heterocycles. The van der Waals surface area contributed by atoms with E-state index in [1.54, 1.807) is 18.4 Å². The molecule has 0 saturated carbocycles. The van der Waals surface area contributed by atoms with Gasteiger partial charge in [0.1, 0.15) is 0 Å². The zero-order valence-electron chi connectivity index (χ0n) is 6.96. The third-order valence-electron chi connectivity index (χ3n) is 1.36. The minimum Gasteiger partial charge on any atom is -0.459 e. The van der Waals surface area contributed by atoms with E-state index in [2.05, 4.69) is 11.9 Å². The van der Waals surface area contributed by atoms with E-state index in [4.69, 9.17) is 4.42 Å². The summed E-state index contributed by atoms with van der Waals surface area (Å²) in [6.07, 6.45) is 3.16. The Kier molecular flexibility index (Phi) is 2.69. The average molecular weight is 165 g/mol. The van der Waals surface area contributed by atoms with Gasteiger partial charge in [-0.3, -0.25) is 4.79 Å². The molecule has 0 aromatic carbocycles. The minimum absolute atomic E-state index is 0.206. The SMILES string of the molecule is C=CCNC(=O)c1cc(C)co1. The quantitative estimate of drug-likeness (QED) is 0.690. The number of hydrogen-bond donors (Lipinski definition) is 1. The lowest BCUT2D eigenvalue weighted by Gasteiger charge is -1.96. The van der Waals surface area contributed by atoms with Gasteiger partial charge in [-0.25, -0.2) is 0 Å². The van der Waals surface area contributed by atoms with Crippen LogP contribution in [0.2, 0.25) is 0 Å². The number of amides is 1. The van der Waals surface area contributed by atoms with Gasteiger partial charge in [0.2, 0.25) is 0 Å². The summed E-state index contributed by atoms with van der Waals surface area (Å²) in [5.41, 5.74) is 0.943. The Morgan fingerprint density at radius 2 is 2.58 bits per heavy atom. The molecular formula is C9H11NO2. The fourth-order valence-corrected chi connectivity index (χ4v) is 0.802. The van der Waals surface area contributed by atoms with Crippen molar-refractivity contribution in [3.8, 4) is 0 Å². The van der Waals surface area contributed by atoms with Gasteiger partial charge in [-0.1, -0.05) is 6.08 Å². The van der Waals surface area contributed by atoms with Gasteiger partial charge in [0.05, 0.1) is 6.26 Å². The second-order valence-electron chi connectivity index (χ2n) is 2.49. The van der Waals surface area contributed by atoms with Crippen molar-refractivity contribution in [1.82, 2.24) is 5.32 Å². The van der Waals surface area contributed by atoms with E-state index in [1.807, 2.05) is 6.92 Å². The van der Waals surface area contributed by atoms with Crippen molar-refractivity contribution >= 4 is 5.91 Å². The monoisotopic (exact) mass is 165 g/mol. The number of carbonyl (C=O) groups excluding carboxylic acids is 1. The molecule has 0 bridgehead atoms. The molecule has 0 radical (unpaired) electrons. The first-order valence-electron chi connectivity index (χ1n) is 3.68. The van der Waals surface area contributed by atoms with Crippen molar-refractivity contribution in [3.05, 3.63) is 36.3 Å². The molecule has 0 aliphatic carbocycles. The zero-order chi connectivity index (χ0) is 8.97. The predicted octanol–water partition coefficient (Wildman–Crippen LogP) is 1.50. The maximum atomic E-state index is 11.2. The van der Waals surface area contributed by atoms with E-state index < -0.39 is 0 Å². The number of rotatable bonds is 3. The molecule has 1 aromatic heterocycles. The zero-order valence-corrected chi connectivity index (χ0v) is 6.96. The van der Waals surface area contributed by atoms with Gasteiger partial charge in [-0.05, 0) is 18.6 Å². The molecule has 1 rings (SSSR count). The van der Waals surface area contributed by atoms with Gasteiger partial charge in [0, 0.05) is 6.54 Å². The third kappa shape index (κ3) is 1.99. The first kappa shape index (κ1) is 8.59. The highest BCUT2D eigenvalue weighted by Gasteiger charge is 2.07. The maximum Gasteiger partial charge on any atom is 0.287 e. The first-order chi connectivity index (χ1) is 5.74. The summed E-state index contributed by atoms with van der Waals surface area (Å²) in [7, 11) is 0.